The molecule has 1 aromatic rings. The lowest BCUT2D eigenvalue weighted by Crippen LogP contribution is -2.16. The molecule has 0 fully saturated rings. The van der Waals surface area contributed by atoms with Crippen LogP contribution in [-0.2, 0) is 0 Å². The molecule has 1 atom stereocenters. The van der Waals surface area contributed by atoms with E-state index in [4.69, 9.17) is 6.42 Å². The highest BCUT2D eigenvalue weighted by molar-refractivity contribution is 5.37. The van der Waals surface area contributed by atoms with Gasteiger partial charge in [-0.2, -0.15) is 4.39 Å². The van der Waals surface area contributed by atoms with Gasteiger partial charge < -0.3 is 5.32 Å². The van der Waals surface area contributed by atoms with E-state index in [2.05, 4.69) is 16.2 Å². The Morgan fingerprint density at radius 2 is 2.46 bits per heavy atom. The largest absolute Gasteiger partial charge is 0.356 e. The summed E-state index contributed by atoms with van der Waals surface area (Å²) < 4.78 is 12.6. The van der Waals surface area contributed by atoms with Crippen LogP contribution in [0.3, 0.4) is 0 Å². The Morgan fingerprint density at radius 3 is 3.00 bits per heavy atom. The quantitative estimate of drug-likeness (QED) is 0.566. The minimum Gasteiger partial charge on any atom is -0.356 e. The monoisotopic (exact) mass is 178 g/mol. The highest BCUT2D eigenvalue weighted by Gasteiger charge is 2.02. The van der Waals surface area contributed by atoms with Crippen molar-refractivity contribution in [1.29, 1.82) is 0 Å². The van der Waals surface area contributed by atoms with E-state index in [1.807, 2.05) is 6.92 Å². The summed E-state index contributed by atoms with van der Waals surface area (Å²) in [6.45, 7) is 1.96. The van der Waals surface area contributed by atoms with Gasteiger partial charge in [-0.05, 0) is 18.6 Å². The highest BCUT2D eigenvalue weighted by Crippen LogP contribution is 2.06. The zero-order valence-electron chi connectivity index (χ0n) is 7.42. The number of nitrogens with zero attached hydrogens (tertiary/aromatic N) is 1. The van der Waals surface area contributed by atoms with Gasteiger partial charge in [0.25, 0.3) is 0 Å². The van der Waals surface area contributed by atoms with Crippen molar-refractivity contribution >= 4 is 5.82 Å². The molecule has 3 heteroatoms. The average Bonchev–Trinajstić information content (AvgIpc) is 2.14. The fraction of sp³-hybridized carbons (Fsp3) is 0.300. The number of nitrogens with one attached hydrogen (secondary N) is 1. The van der Waals surface area contributed by atoms with Gasteiger partial charge in [0.1, 0.15) is 5.82 Å². The second-order valence-electron chi connectivity index (χ2n) is 2.62. The number of anilines is 1. The molecule has 1 heterocycles. The maximum atomic E-state index is 12.6. The lowest BCUT2D eigenvalue weighted by Gasteiger charge is -2.10. The topological polar surface area (TPSA) is 24.9 Å². The number of hydrogen-bond donors (Lipinski definition) is 1. The minimum absolute atomic E-state index is 0.0886. The van der Waals surface area contributed by atoms with Crippen molar-refractivity contribution in [3.63, 3.8) is 0 Å². The van der Waals surface area contributed by atoms with Crippen LogP contribution in [-0.4, -0.2) is 11.0 Å². The fourth-order valence-electron chi connectivity index (χ4n) is 0.929. The van der Waals surface area contributed by atoms with Crippen molar-refractivity contribution < 1.29 is 4.39 Å². The van der Waals surface area contributed by atoms with Crippen molar-refractivity contribution in [2.45, 2.75) is 19.4 Å². The first-order valence-corrected chi connectivity index (χ1v) is 4.11. The molecule has 1 unspecified atom stereocenters. The normalized spacial score (nSPS) is 11.8. The number of hydrogen-bond acceptors (Lipinski definition) is 2. The van der Waals surface area contributed by atoms with Crippen molar-refractivity contribution in [1.82, 2.24) is 4.98 Å². The van der Waals surface area contributed by atoms with Gasteiger partial charge >= 0.3 is 0 Å². The number of rotatable bonds is 3. The van der Waals surface area contributed by atoms with Gasteiger partial charge in [0, 0.05) is 0 Å². The van der Waals surface area contributed by atoms with E-state index < -0.39 is 5.95 Å². The predicted molar refractivity (Wildman–Crippen MR) is 50.7 cm³/mol. The van der Waals surface area contributed by atoms with Crippen molar-refractivity contribution in [3.8, 4) is 12.3 Å². The zero-order valence-corrected chi connectivity index (χ0v) is 7.42. The molecule has 0 aliphatic carbocycles. The van der Waals surface area contributed by atoms with E-state index in [1.165, 1.54) is 6.07 Å². The van der Waals surface area contributed by atoms with Gasteiger partial charge in [-0.25, -0.2) is 4.98 Å². The Bertz CT molecular complexity index is 317. The first-order valence-electron chi connectivity index (χ1n) is 4.11. The molecule has 0 radical (unpaired) electrons. The smallest absolute Gasteiger partial charge is 0.214 e. The molecule has 0 aliphatic heterocycles. The van der Waals surface area contributed by atoms with Gasteiger partial charge in [-0.15, -0.1) is 6.42 Å². The molecule has 13 heavy (non-hydrogen) atoms. The molecule has 2 nitrogen and oxygen atoms in total. The molecule has 0 bridgehead atoms. The predicted octanol–water partition coefficient (Wildman–Crippen LogP) is 2.04. The van der Waals surface area contributed by atoms with Gasteiger partial charge in [0.2, 0.25) is 5.95 Å². The van der Waals surface area contributed by atoms with Crippen molar-refractivity contribution in [2.24, 2.45) is 0 Å². The highest BCUT2D eigenvalue weighted by atomic mass is 19.1. The third-order valence-electron chi connectivity index (χ3n) is 1.65. The van der Waals surface area contributed by atoms with Crippen LogP contribution >= 0.6 is 0 Å². The summed E-state index contributed by atoms with van der Waals surface area (Å²) in [5.74, 6) is 2.52. The SMILES string of the molecule is C#CC(CC)Nc1cccc(F)n1. The Morgan fingerprint density at radius 1 is 1.69 bits per heavy atom. The van der Waals surface area contributed by atoms with Crippen LogP contribution in [0.15, 0.2) is 18.2 Å². The number of terminal acetylenes is 1. The molecule has 1 rings (SSSR count). The summed E-state index contributed by atoms with van der Waals surface area (Å²) in [6.07, 6.45) is 6.02. The number of aromatic nitrogens is 1. The molecule has 0 amide bonds. The zero-order chi connectivity index (χ0) is 9.68. The molecule has 68 valence electrons. The van der Waals surface area contributed by atoms with E-state index in [0.29, 0.717) is 5.82 Å². The average molecular weight is 178 g/mol. The number of pyridine rings is 1. The van der Waals surface area contributed by atoms with Crippen LogP contribution in [0.2, 0.25) is 0 Å². The number of halogens is 1. The molecule has 0 saturated carbocycles. The molecule has 0 aliphatic rings. The molecule has 0 spiro atoms. The maximum Gasteiger partial charge on any atom is 0.214 e. The van der Waals surface area contributed by atoms with E-state index >= 15 is 0 Å². The van der Waals surface area contributed by atoms with Crippen LogP contribution in [0.25, 0.3) is 0 Å². The van der Waals surface area contributed by atoms with Gasteiger partial charge in [0.05, 0.1) is 6.04 Å². The van der Waals surface area contributed by atoms with Crippen LogP contribution in [0.1, 0.15) is 13.3 Å². The third kappa shape index (κ3) is 2.75. The molecular formula is C10H11FN2. The standard InChI is InChI=1S/C10H11FN2/c1-3-8(4-2)12-10-7-5-6-9(11)13-10/h1,5-8H,4H2,2H3,(H,12,13). The molecule has 1 N–H and O–H groups in total. The Kier molecular flexibility index (Phi) is 3.27. The molecule has 0 aromatic carbocycles. The summed E-state index contributed by atoms with van der Waals surface area (Å²) in [4.78, 5) is 3.64. The summed E-state index contributed by atoms with van der Waals surface area (Å²) in [7, 11) is 0. The fourth-order valence-corrected chi connectivity index (χ4v) is 0.929. The van der Waals surface area contributed by atoms with E-state index in [0.717, 1.165) is 6.42 Å². The lowest BCUT2D eigenvalue weighted by atomic mass is 10.2. The van der Waals surface area contributed by atoms with Crippen LogP contribution in [0.5, 0.6) is 0 Å². The van der Waals surface area contributed by atoms with Crippen molar-refractivity contribution in [2.75, 3.05) is 5.32 Å². The Hall–Kier alpha value is -1.56. The lowest BCUT2D eigenvalue weighted by molar-refractivity contribution is 0.584. The summed E-state index contributed by atoms with van der Waals surface area (Å²) in [6, 6.07) is 4.48. The van der Waals surface area contributed by atoms with Gasteiger partial charge in [-0.3, -0.25) is 0 Å². The van der Waals surface area contributed by atoms with Crippen LogP contribution in [0.4, 0.5) is 10.2 Å². The minimum atomic E-state index is -0.503. The van der Waals surface area contributed by atoms with E-state index in [1.54, 1.807) is 12.1 Å². The van der Waals surface area contributed by atoms with Crippen LogP contribution < -0.4 is 5.32 Å². The Labute approximate surface area is 77.2 Å². The van der Waals surface area contributed by atoms with Gasteiger partial charge in [-0.1, -0.05) is 18.9 Å². The molecule has 1 aromatic heterocycles. The van der Waals surface area contributed by atoms with Crippen LogP contribution in [0, 0.1) is 18.3 Å². The first kappa shape index (κ1) is 9.53. The first-order chi connectivity index (χ1) is 6.26. The summed E-state index contributed by atoms with van der Waals surface area (Å²) in [5.41, 5.74) is 0. The molecular weight excluding hydrogens is 167 g/mol. The van der Waals surface area contributed by atoms with Gasteiger partial charge in [0.15, 0.2) is 0 Å². The summed E-state index contributed by atoms with van der Waals surface area (Å²) >= 11 is 0. The summed E-state index contributed by atoms with van der Waals surface area (Å²) in [5, 5.41) is 2.93. The second kappa shape index (κ2) is 4.46. The second-order valence-corrected chi connectivity index (χ2v) is 2.62. The Balaban J connectivity index is 2.69. The van der Waals surface area contributed by atoms with E-state index in [-0.39, 0.29) is 6.04 Å². The van der Waals surface area contributed by atoms with E-state index in [9.17, 15) is 4.39 Å². The maximum absolute atomic E-state index is 12.6. The molecule has 0 saturated heterocycles. The third-order valence-corrected chi connectivity index (χ3v) is 1.65. The van der Waals surface area contributed by atoms with Crippen molar-refractivity contribution in [3.05, 3.63) is 24.1 Å².